The van der Waals surface area contributed by atoms with E-state index in [9.17, 15) is 15.0 Å². The molecule has 0 fully saturated rings. The Hall–Kier alpha value is -1.75. The van der Waals surface area contributed by atoms with Crippen LogP contribution >= 0.6 is 0 Å². The Morgan fingerprint density at radius 1 is 1.26 bits per heavy atom. The fraction of sp³-hybridized carbons (Fsp3) is 0.500. The van der Waals surface area contributed by atoms with Crippen LogP contribution in [0.1, 0.15) is 32.4 Å². The highest BCUT2D eigenvalue weighted by Gasteiger charge is 2.12. The Morgan fingerprint density at radius 3 is 2.53 bits per heavy atom. The number of phenols is 2. The van der Waals surface area contributed by atoms with Gasteiger partial charge in [0.15, 0.2) is 0 Å². The van der Waals surface area contributed by atoms with Crippen LogP contribution in [0.25, 0.3) is 0 Å². The van der Waals surface area contributed by atoms with E-state index in [-0.39, 0.29) is 30.0 Å². The molecule has 5 heteroatoms. The number of carbonyl (C=O) groups is 1. The van der Waals surface area contributed by atoms with Crippen LogP contribution in [0.4, 0.5) is 0 Å². The van der Waals surface area contributed by atoms with Gasteiger partial charge in [-0.05, 0) is 18.9 Å². The molecule has 0 radical (unpaired) electrons. The van der Waals surface area contributed by atoms with Crippen molar-refractivity contribution in [2.24, 2.45) is 5.92 Å². The summed E-state index contributed by atoms with van der Waals surface area (Å²) < 4.78 is 0. The second-order valence-corrected chi connectivity index (χ2v) is 5.04. The van der Waals surface area contributed by atoms with E-state index in [1.807, 2.05) is 20.8 Å². The van der Waals surface area contributed by atoms with Gasteiger partial charge in [0.2, 0.25) is 5.91 Å². The normalized spacial score (nSPS) is 12.4. The summed E-state index contributed by atoms with van der Waals surface area (Å²) >= 11 is 0. The molecule has 0 spiro atoms. The van der Waals surface area contributed by atoms with Crippen molar-refractivity contribution in [3.05, 3.63) is 23.8 Å². The number of benzene rings is 1. The van der Waals surface area contributed by atoms with Crippen LogP contribution in [0.5, 0.6) is 11.5 Å². The van der Waals surface area contributed by atoms with E-state index in [4.69, 9.17) is 0 Å². The second-order valence-electron chi connectivity index (χ2n) is 5.04. The van der Waals surface area contributed by atoms with Gasteiger partial charge in [0.25, 0.3) is 0 Å². The maximum Gasteiger partial charge on any atom is 0.233 e. The molecular weight excluding hydrogens is 244 g/mol. The zero-order valence-electron chi connectivity index (χ0n) is 11.6. The molecule has 19 heavy (non-hydrogen) atoms. The van der Waals surface area contributed by atoms with E-state index < -0.39 is 0 Å². The van der Waals surface area contributed by atoms with Crippen molar-refractivity contribution >= 4 is 5.91 Å². The fourth-order valence-electron chi connectivity index (χ4n) is 1.63. The highest BCUT2D eigenvalue weighted by atomic mass is 16.3. The van der Waals surface area contributed by atoms with Crippen molar-refractivity contribution in [2.75, 3.05) is 13.1 Å². The largest absolute Gasteiger partial charge is 0.508 e. The Kier molecular flexibility index (Phi) is 5.63. The predicted octanol–water partition coefficient (Wildman–Crippen LogP) is 1.52. The molecule has 1 aromatic rings. The molecule has 1 amide bonds. The standard InChI is InChI=1S/C14H22N2O3/c1-9(2)7-16-14(19)8-15-10(3)12-5-4-11(17)6-13(12)18/h4-6,9-10,15,17-18H,7-8H2,1-3H3,(H,16,19). The third kappa shape index (κ3) is 5.18. The number of phenolic OH excluding ortho intramolecular Hbond substituents is 2. The number of hydrogen-bond acceptors (Lipinski definition) is 4. The van der Waals surface area contributed by atoms with Crippen LogP contribution in [-0.2, 0) is 4.79 Å². The Morgan fingerprint density at radius 2 is 1.95 bits per heavy atom. The predicted molar refractivity (Wildman–Crippen MR) is 74.0 cm³/mol. The van der Waals surface area contributed by atoms with Gasteiger partial charge in [-0.25, -0.2) is 0 Å². The summed E-state index contributed by atoms with van der Waals surface area (Å²) in [4.78, 5) is 11.5. The van der Waals surface area contributed by atoms with Gasteiger partial charge in [0.1, 0.15) is 11.5 Å². The third-order valence-corrected chi connectivity index (χ3v) is 2.76. The molecular formula is C14H22N2O3. The van der Waals surface area contributed by atoms with Crippen LogP contribution in [-0.4, -0.2) is 29.2 Å². The molecule has 5 nitrogen and oxygen atoms in total. The van der Waals surface area contributed by atoms with Gasteiger partial charge in [-0.3, -0.25) is 4.79 Å². The number of hydrogen-bond donors (Lipinski definition) is 4. The number of amides is 1. The van der Waals surface area contributed by atoms with Crippen molar-refractivity contribution < 1.29 is 15.0 Å². The summed E-state index contributed by atoms with van der Waals surface area (Å²) in [5.41, 5.74) is 0.648. The summed E-state index contributed by atoms with van der Waals surface area (Å²) in [6.45, 7) is 6.75. The van der Waals surface area contributed by atoms with E-state index in [1.165, 1.54) is 12.1 Å². The van der Waals surface area contributed by atoms with Gasteiger partial charge >= 0.3 is 0 Å². The minimum Gasteiger partial charge on any atom is -0.508 e. The average Bonchev–Trinajstić information content (AvgIpc) is 2.33. The summed E-state index contributed by atoms with van der Waals surface area (Å²) in [6.07, 6.45) is 0. The molecule has 4 N–H and O–H groups in total. The van der Waals surface area contributed by atoms with Crippen molar-refractivity contribution in [3.8, 4) is 11.5 Å². The number of rotatable bonds is 6. The maximum absolute atomic E-state index is 11.5. The highest BCUT2D eigenvalue weighted by Crippen LogP contribution is 2.27. The highest BCUT2D eigenvalue weighted by molar-refractivity contribution is 5.78. The molecule has 0 heterocycles. The first-order valence-corrected chi connectivity index (χ1v) is 6.42. The summed E-state index contributed by atoms with van der Waals surface area (Å²) in [6, 6.07) is 4.25. The quantitative estimate of drug-likeness (QED) is 0.629. The van der Waals surface area contributed by atoms with Crippen molar-refractivity contribution in [1.29, 1.82) is 0 Å². The monoisotopic (exact) mass is 266 g/mol. The first-order valence-electron chi connectivity index (χ1n) is 6.42. The van der Waals surface area contributed by atoms with E-state index in [0.717, 1.165) is 0 Å². The average molecular weight is 266 g/mol. The maximum atomic E-state index is 11.5. The Labute approximate surface area is 113 Å². The van der Waals surface area contributed by atoms with Crippen molar-refractivity contribution in [1.82, 2.24) is 10.6 Å². The molecule has 0 saturated carbocycles. The van der Waals surface area contributed by atoms with E-state index in [2.05, 4.69) is 10.6 Å². The first kappa shape index (κ1) is 15.3. The van der Waals surface area contributed by atoms with E-state index in [1.54, 1.807) is 6.07 Å². The SMILES string of the molecule is CC(C)CNC(=O)CNC(C)c1ccc(O)cc1O. The molecule has 0 aliphatic carbocycles. The first-order chi connectivity index (χ1) is 8.90. The van der Waals surface area contributed by atoms with Crippen LogP contribution < -0.4 is 10.6 Å². The summed E-state index contributed by atoms with van der Waals surface area (Å²) in [7, 11) is 0. The molecule has 0 aromatic heterocycles. The van der Waals surface area contributed by atoms with Gasteiger partial charge < -0.3 is 20.8 Å². The zero-order valence-corrected chi connectivity index (χ0v) is 11.6. The van der Waals surface area contributed by atoms with Crippen LogP contribution in [0.2, 0.25) is 0 Å². The molecule has 1 aromatic carbocycles. The number of aromatic hydroxyl groups is 2. The molecule has 0 bridgehead atoms. The van der Waals surface area contributed by atoms with Crippen LogP contribution in [0.3, 0.4) is 0 Å². The molecule has 1 rings (SSSR count). The molecule has 0 aliphatic rings. The lowest BCUT2D eigenvalue weighted by molar-refractivity contribution is -0.120. The topological polar surface area (TPSA) is 81.6 Å². The van der Waals surface area contributed by atoms with Gasteiger partial charge in [0, 0.05) is 24.2 Å². The second kappa shape index (κ2) is 6.99. The van der Waals surface area contributed by atoms with Gasteiger partial charge in [0.05, 0.1) is 6.54 Å². The molecule has 0 aliphatic heterocycles. The van der Waals surface area contributed by atoms with E-state index in [0.29, 0.717) is 18.0 Å². The lowest BCUT2D eigenvalue weighted by Crippen LogP contribution is -2.36. The van der Waals surface area contributed by atoms with Crippen molar-refractivity contribution in [3.63, 3.8) is 0 Å². The fourth-order valence-corrected chi connectivity index (χ4v) is 1.63. The minimum atomic E-state index is -0.176. The smallest absolute Gasteiger partial charge is 0.233 e. The summed E-state index contributed by atoms with van der Waals surface area (Å²) in [5.74, 6) is 0.382. The van der Waals surface area contributed by atoms with Crippen LogP contribution in [0.15, 0.2) is 18.2 Å². The van der Waals surface area contributed by atoms with Gasteiger partial charge in [-0.1, -0.05) is 19.9 Å². The van der Waals surface area contributed by atoms with E-state index >= 15 is 0 Å². The lowest BCUT2D eigenvalue weighted by Gasteiger charge is -2.16. The molecule has 106 valence electrons. The van der Waals surface area contributed by atoms with Gasteiger partial charge in [-0.15, -0.1) is 0 Å². The Balaban J connectivity index is 2.46. The van der Waals surface area contributed by atoms with Crippen LogP contribution in [0, 0.1) is 5.92 Å². The number of nitrogens with one attached hydrogen (secondary N) is 2. The van der Waals surface area contributed by atoms with Gasteiger partial charge in [-0.2, -0.15) is 0 Å². The minimum absolute atomic E-state index is 0.0163. The lowest BCUT2D eigenvalue weighted by atomic mass is 10.1. The molecule has 1 atom stereocenters. The summed E-state index contributed by atoms with van der Waals surface area (Å²) in [5, 5.41) is 24.8. The zero-order chi connectivity index (χ0) is 14.4. The third-order valence-electron chi connectivity index (χ3n) is 2.76. The number of carbonyl (C=O) groups excluding carboxylic acids is 1. The molecule has 1 unspecified atom stereocenters. The van der Waals surface area contributed by atoms with Crippen molar-refractivity contribution in [2.45, 2.75) is 26.8 Å². The Bertz CT molecular complexity index is 433. The molecule has 0 saturated heterocycles.